The van der Waals surface area contributed by atoms with E-state index in [1.54, 1.807) is 12.1 Å². The first-order valence-corrected chi connectivity index (χ1v) is 7.94. The highest BCUT2D eigenvalue weighted by Crippen LogP contribution is 2.25. The first kappa shape index (κ1) is 14.3. The maximum absolute atomic E-state index is 13.4. The molecule has 0 radical (unpaired) electrons. The number of rotatable bonds is 5. The molecule has 1 aliphatic carbocycles. The van der Waals surface area contributed by atoms with E-state index >= 15 is 0 Å². The summed E-state index contributed by atoms with van der Waals surface area (Å²) in [4.78, 5) is 2.45. The van der Waals surface area contributed by atoms with E-state index in [4.69, 9.17) is 11.6 Å². The minimum Gasteiger partial charge on any atom is -0.295 e. The first-order chi connectivity index (χ1) is 8.70. The molecule has 0 saturated heterocycles. The SMILES string of the molecule is Fc1cc(CN(CCBr)C2CCCC2)ccc1Cl. The Labute approximate surface area is 121 Å². The van der Waals surface area contributed by atoms with Crippen molar-refractivity contribution in [3.63, 3.8) is 0 Å². The molecule has 1 aromatic rings. The fourth-order valence-corrected chi connectivity index (χ4v) is 3.21. The summed E-state index contributed by atoms with van der Waals surface area (Å²) in [6.45, 7) is 1.82. The van der Waals surface area contributed by atoms with Crippen molar-refractivity contribution in [1.82, 2.24) is 4.90 Å². The lowest BCUT2D eigenvalue weighted by Crippen LogP contribution is -2.34. The summed E-state index contributed by atoms with van der Waals surface area (Å²) in [5.41, 5.74) is 1.00. The van der Waals surface area contributed by atoms with Crippen LogP contribution < -0.4 is 0 Å². The molecule has 0 amide bonds. The van der Waals surface area contributed by atoms with Gasteiger partial charge in [-0.25, -0.2) is 4.39 Å². The predicted octanol–water partition coefficient (Wildman–Crippen LogP) is 4.62. The van der Waals surface area contributed by atoms with Gasteiger partial charge in [-0.15, -0.1) is 0 Å². The molecule has 1 aliphatic rings. The van der Waals surface area contributed by atoms with Crippen molar-refractivity contribution < 1.29 is 4.39 Å². The number of benzene rings is 1. The van der Waals surface area contributed by atoms with Gasteiger partial charge < -0.3 is 0 Å². The van der Waals surface area contributed by atoms with Gasteiger partial charge >= 0.3 is 0 Å². The molecule has 0 aliphatic heterocycles. The largest absolute Gasteiger partial charge is 0.295 e. The summed E-state index contributed by atoms with van der Waals surface area (Å²) >= 11 is 9.21. The predicted molar refractivity (Wildman–Crippen MR) is 77.9 cm³/mol. The summed E-state index contributed by atoms with van der Waals surface area (Å²) < 4.78 is 13.4. The molecule has 1 saturated carbocycles. The smallest absolute Gasteiger partial charge is 0.142 e. The van der Waals surface area contributed by atoms with Crippen LogP contribution in [0.15, 0.2) is 18.2 Å². The minimum atomic E-state index is -0.320. The van der Waals surface area contributed by atoms with Gasteiger partial charge in [0, 0.05) is 24.5 Å². The van der Waals surface area contributed by atoms with Crippen LogP contribution >= 0.6 is 27.5 Å². The quantitative estimate of drug-likeness (QED) is 0.710. The fourth-order valence-electron chi connectivity index (χ4n) is 2.64. The number of hydrogen-bond acceptors (Lipinski definition) is 1. The molecular formula is C14H18BrClFN. The van der Waals surface area contributed by atoms with Gasteiger partial charge in [-0.1, -0.05) is 46.4 Å². The van der Waals surface area contributed by atoms with Crippen molar-refractivity contribution in [2.75, 3.05) is 11.9 Å². The Morgan fingerprint density at radius 3 is 2.67 bits per heavy atom. The lowest BCUT2D eigenvalue weighted by molar-refractivity contribution is 0.202. The third kappa shape index (κ3) is 3.69. The maximum Gasteiger partial charge on any atom is 0.142 e. The van der Waals surface area contributed by atoms with E-state index in [-0.39, 0.29) is 10.8 Å². The lowest BCUT2D eigenvalue weighted by atomic mass is 10.1. The lowest BCUT2D eigenvalue weighted by Gasteiger charge is -2.28. The molecule has 0 atom stereocenters. The van der Waals surface area contributed by atoms with Crippen LogP contribution in [0.4, 0.5) is 4.39 Å². The van der Waals surface area contributed by atoms with Gasteiger partial charge in [0.2, 0.25) is 0 Å². The molecule has 1 fully saturated rings. The topological polar surface area (TPSA) is 3.24 Å². The summed E-state index contributed by atoms with van der Waals surface area (Å²) in [7, 11) is 0. The third-order valence-electron chi connectivity index (χ3n) is 3.58. The Bertz CT molecular complexity index is 393. The number of hydrogen-bond donors (Lipinski definition) is 0. The Morgan fingerprint density at radius 1 is 1.33 bits per heavy atom. The van der Waals surface area contributed by atoms with Crippen LogP contribution in [0.2, 0.25) is 5.02 Å². The highest BCUT2D eigenvalue weighted by molar-refractivity contribution is 9.09. The van der Waals surface area contributed by atoms with Crippen LogP contribution in [-0.2, 0) is 6.54 Å². The van der Waals surface area contributed by atoms with Crippen molar-refractivity contribution in [3.8, 4) is 0 Å². The Morgan fingerprint density at radius 2 is 2.06 bits per heavy atom. The Kier molecular flexibility index (Phi) is 5.46. The molecule has 0 spiro atoms. The third-order valence-corrected chi connectivity index (χ3v) is 4.24. The molecular weight excluding hydrogens is 317 g/mol. The van der Waals surface area contributed by atoms with Gasteiger partial charge in [0.1, 0.15) is 5.82 Å². The summed E-state index contributed by atoms with van der Waals surface area (Å²) in [6.07, 6.45) is 5.17. The standard InChI is InChI=1S/C14H18BrClFN/c15-7-8-18(12-3-1-2-4-12)10-11-5-6-13(16)14(17)9-11/h5-6,9,12H,1-4,7-8,10H2. The number of nitrogens with zero attached hydrogens (tertiary/aromatic N) is 1. The van der Waals surface area contributed by atoms with E-state index in [0.717, 1.165) is 24.0 Å². The molecule has 0 heterocycles. The van der Waals surface area contributed by atoms with Crippen molar-refractivity contribution in [2.45, 2.75) is 38.3 Å². The first-order valence-electron chi connectivity index (χ1n) is 6.44. The zero-order chi connectivity index (χ0) is 13.0. The average molecular weight is 335 g/mol. The van der Waals surface area contributed by atoms with Gasteiger partial charge in [0.15, 0.2) is 0 Å². The van der Waals surface area contributed by atoms with E-state index in [9.17, 15) is 4.39 Å². The fraction of sp³-hybridized carbons (Fsp3) is 0.571. The summed E-state index contributed by atoms with van der Waals surface area (Å²) in [6, 6.07) is 5.77. The molecule has 0 unspecified atom stereocenters. The average Bonchev–Trinajstić information content (AvgIpc) is 2.87. The molecule has 100 valence electrons. The van der Waals surface area contributed by atoms with Crippen molar-refractivity contribution in [3.05, 3.63) is 34.6 Å². The van der Waals surface area contributed by atoms with Gasteiger partial charge in [-0.3, -0.25) is 4.90 Å². The number of alkyl halides is 1. The van der Waals surface area contributed by atoms with Gasteiger partial charge in [-0.05, 0) is 30.5 Å². The van der Waals surface area contributed by atoms with Gasteiger partial charge in [0.25, 0.3) is 0 Å². The van der Waals surface area contributed by atoms with E-state index < -0.39 is 0 Å². The van der Waals surface area contributed by atoms with Crippen LogP contribution in [0.5, 0.6) is 0 Å². The number of halogens is 3. The zero-order valence-electron chi connectivity index (χ0n) is 10.3. The molecule has 0 N–H and O–H groups in total. The molecule has 18 heavy (non-hydrogen) atoms. The molecule has 1 aromatic carbocycles. The monoisotopic (exact) mass is 333 g/mol. The van der Waals surface area contributed by atoms with E-state index in [1.807, 2.05) is 6.07 Å². The van der Waals surface area contributed by atoms with Crippen LogP contribution in [0, 0.1) is 5.82 Å². The Balaban J connectivity index is 2.04. The molecule has 1 nitrogen and oxygen atoms in total. The second-order valence-corrected chi connectivity index (χ2v) is 6.05. The van der Waals surface area contributed by atoms with Crippen LogP contribution in [0.1, 0.15) is 31.2 Å². The zero-order valence-corrected chi connectivity index (χ0v) is 12.7. The minimum absolute atomic E-state index is 0.201. The second kappa shape index (κ2) is 6.88. The van der Waals surface area contributed by atoms with Gasteiger partial charge in [0.05, 0.1) is 5.02 Å². The molecule has 0 aromatic heterocycles. The highest BCUT2D eigenvalue weighted by atomic mass is 79.9. The Hall–Kier alpha value is -0.120. The van der Waals surface area contributed by atoms with Crippen molar-refractivity contribution in [2.24, 2.45) is 0 Å². The normalized spacial score (nSPS) is 16.7. The molecule has 2 rings (SSSR count). The van der Waals surface area contributed by atoms with Crippen LogP contribution in [-0.4, -0.2) is 22.8 Å². The maximum atomic E-state index is 13.4. The summed E-state index contributed by atoms with van der Waals surface area (Å²) in [5.74, 6) is -0.320. The molecule has 0 bridgehead atoms. The molecule has 4 heteroatoms. The van der Waals surface area contributed by atoms with Crippen LogP contribution in [0.25, 0.3) is 0 Å². The highest BCUT2D eigenvalue weighted by Gasteiger charge is 2.22. The van der Waals surface area contributed by atoms with Crippen molar-refractivity contribution >= 4 is 27.5 Å². The summed E-state index contributed by atoms with van der Waals surface area (Å²) in [5, 5.41) is 1.16. The second-order valence-electron chi connectivity index (χ2n) is 4.85. The van der Waals surface area contributed by atoms with Crippen LogP contribution in [0.3, 0.4) is 0 Å². The van der Waals surface area contributed by atoms with E-state index in [1.165, 1.54) is 25.7 Å². The van der Waals surface area contributed by atoms with Gasteiger partial charge in [-0.2, -0.15) is 0 Å². The van der Waals surface area contributed by atoms with E-state index in [0.29, 0.717) is 6.04 Å². The van der Waals surface area contributed by atoms with Crippen molar-refractivity contribution in [1.29, 1.82) is 0 Å². The van der Waals surface area contributed by atoms with E-state index in [2.05, 4.69) is 20.8 Å².